The van der Waals surface area contributed by atoms with Crippen molar-refractivity contribution in [2.24, 2.45) is 11.1 Å². The highest BCUT2D eigenvalue weighted by atomic mass is 32.2. The zero-order valence-electron chi connectivity index (χ0n) is 16.6. The van der Waals surface area contributed by atoms with Crippen LogP contribution in [0, 0.1) is 12.8 Å². The molecule has 9 nitrogen and oxygen atoms in total. The third kappa shape index (κ3) is 4.46. The number of hydrogen-bond acceptors (Lipinski definition) is 7. The van der Waals surface area contributed by atoms with Crippen molar-refractivity contribution in [2.45, 2.75) is 38.5 Å². The first-order valence-electron chi connectivity index (χ1n) is 9.77. The van der Waals surface area contributed by atoms with Gasteiger partial charge in [-0.2, -0.15) is 8.42 Å². The van der Waals surface area contributed by atoms with Crippen LogP contribution in [0.2, 0.25) is 0 Å². The highest BCUT2D eigenvalue weighted by Crippen LogP contribution is 2.37. The van der Waals surface area contributed by atoms with Crippen LogP contribution in [0.4, 0.5) is 5.82 Å². The molecule has 3 atom stereocenters. The third-order valence-corrected chi connectivity index (χ3v) is 6.15. The molecule has 0 unspecified atom stereocenters. The number of hydrogen-bond donors (Lipinski definition) is 3. The molecule has 1 aromatic carbocycles. The molecular weight excluding hydrogens is 406 g/mol. The normalized spacial score (nSPS) is 21.9. The fourth-order valence-electron chi connectivity index (χ4n) is 4.06. The number of nitrogens with two attached hydrogens (primary N) is 1. The van der Waals surface area contributed by atoms with Crippen LogP contribution in [0.3, 0.4) is 0 Å². The van der Waals surface area contributed by atoms with Gasteiger partial charge in [-0.1, -0.05) is 24.3 Å². The predicted molar refractivity (Wildman–Crippen MR) is 113 cm³/mol. The number of aliphatic hydroxyl groups is 1. The molecule has 0 amide bonds. The summed E-state index contributed by atoms with van der Waals surface area (Å²) in [5.74, 6) is 0.431. The molecule has 0 spiro atoms. The Kier molecular flexibility index (Phi) is 5.74. The number of anilines is 1. The van der Waals surface area contributed by atoms with Crippen LogP contribution in [0.25, 0.3) is 11.0 Å². The number of nitrogens with zero attached hydrogens (tertiary/aromatic N) is 3. The van der Waals surface area contributed by atoms with Gasteiger partial charge in [0.1, 0.15) is 17.8 Å². The van der Waals surface area contributed by atoms with Crippen molar-refractivity contribution in [1.82, 2.24) is 14.5 Å². The summed E-state index contributed by atoms with van der Waals surface area (Å²) in [6.07, 6.45) is 3.83. The van der Waals surface area contributed by atoms with E-state index in [9.17, 15) is 13.5 Å². The molecule has 0 bridgehead atoms. The van der Waals surface area contributed by atoms with Crippen molar-refractivity contribution >= 4 is 27.2 Å². The van der Waals surface area contributed by atoms with Crippen molar-refractivity contribution in [3.8, 4) is 0 Å². The molecule has 1 aliphatic carbocycles. The molecule has 30 heavy (non-hydrogen) atoms. The van der Waals surface area contributed by atoms with Crippen LogP contribution in [0.5, 0.6) is 0 Å². The minimum Gasteiger partial charge on any atom is -0.393 e. The zero-order chi connectivity index (χ0) is 21.3. The summed E-state index contributed by atoms with van der Waals surface area (Å²) in [6.45, 7) is 2.59. The lowest BCUT2D eigenvalue weighted by atomic mass is 10.1. The Labute approximate surface area is 175 Å². The molecule has 4 N–H and O–H groups in total. The van der Waals surface area contributed by atoms with E-state index in [1.807, 2.05) is 29.0 Å². The van der Waals surface area contributed by atoms with Crippen LogP contribution >= 0.6 is 0 Å². The first-order chi connectivity index (χ1) is 14.3. The minimum atomic E-state index is -4.03. The molecule has 2 heterocycles. The molecule has 4 rings (SSSR count). The number of aryl methyl sites for hydroxylation is 1. The fourth-order valence-corrected chi connectivity index (χ4v) is 4.42. The monoisotopic (exact) mass is 431 g/mol. The Bertz CT molecular complexity index is 1150. The van der Waals surface area contributed by atoms with Gasteiger partial charge in [0.05, 0.1) is 18.1 Å². The van der Waals surface area contributed by atoms with Crippen LogP contribution in [0.15, 0.2) is 42.9 Å². The summed E-state index contributed by atoms with van der Waals surface area (Å²) in [5.41, 5.74) is 3.17. The lowest BCUT2D eigenvalue weighted by Gasteiger charge is -2.14. The SMILES string of the molecule is Cc1ccccc1CNc1ncnc2c1ccn2[C@@H]1C[C@@H](COS(N)(=O)=O)[C@@H](O)C1. The van der Waals surface area contributed by atoms with E-state index in [2.05, 4.69) is 38.5 Å². The van der Waals surface area contributed by atoms with Gasteiger partial charge in [0.2, 0.25) is 0 Å². The highest BCUT2D eigenvalue weighted by Gasteiger charge is 2.35. The lowest BCUT2D eigenvalue weighted by Crippen LogP contribution is -2.24. The van der Waals surface area contributed by atoms with Crippen molar-refractivity contribution in [2.75, 3.05) is 11.9 Å². The number of fused-ring (bicyclic) bond motifs is 1. The van der Waals surface area contributed by atoms with Gasteiger partial charge in [0.25, 0.3) is 0 Å². The Morgan fingerprint density at radius 1 is 1.27 bits per heavy atom. The van der Waals surface area contributed by atoms with Crippen LogP contribution in [-0.4, -0.2) is 40.8 Å². The molecule has 1 aliphatic rings. The van der Waals surface area contributed by atoms with Gasteiger partial charge in [-0.05, 0) is 37.0 Å². The van der Waals surface area contributed by atoms with Crippen LogP contribution in [0.1, 0.15) is 30.0 Å². The summed E-state index contributed by atoms with van der Waals surface area (Å²) in [7, 11) is -4.03. The first-order valence-corrected chi connectivity index (χ1v) is 11.2. The molecule has 1 fully saturated rings. The van der Waals surface area contributed by atoms with Crippen molar-refractivity contribution in [3.63, 3.8) is 0 Å². The Hall–Kier alpha value is -2.53. The average molecular weight is 432 g/mol. The van der Waals surface area contributed by atoms with Crippen LogP contribution in [-0.2, 0) is 21.0 Å². The smallest absolute Gasteiger partial charge is 0.333 e. The minimum absolute atomic E-state index is 0.0225. The zero-order valence-corrected chi connectivity index (χ0v) is 17.4. The number of nitrogens with one attached hydrogen (secondary N) is 1. The van der Waals surface area contributed by atoms with E-state index in [4.69, 9.17) is 5.14 Å². The molecule has 1 saturated carbocycles. The molecule has 3 aromatic rings. The van der Waals surface area contributed by atoms with E-state index in [0.29, 0.717) is 19.4 Å². The van der Waals surface area contributed by atoms with E-state index in [1.165, 1.54) is 17.5 Å². The maximum absolute atomic E-state index is 11.0. The molecule has 0 aliphatic heterocycles. The van der Waals surface area contributed by atoms with Gasteiger partial charge >= 0.3 is 10.3 Å². The summed E-state index contributed by atoms with van der Waals surface area (Å²) >= 11 is 0. The maximum atomic E-state index is 11.0. The molecule has 10 heteroatoms. The van der Waals surface area contributed by atoms with Gasteiger partial charge in [-0.25, -0.2) is 15.1 Å². The Morgan fingerprint density at radius 3 is 2.83 bits per heavy atom. The second kappa shape index (κ2) is 8.31. The van der Waals surface area contributed by atoms with Gasteiger partial charge in [0, 0.05) is 24.7 Å². The first kappa shape index (κ1) is 20.7. The molecular formula is C20H25N5O4S. The van der Waals surface area contributed by atoms with Crippen molar-refractivity contribution in [3.05, 3.63) is 54.0 Å². The molecule has 0 radical (unpaired) electrons. The number of aliphatic hydroxyl groups excluding tert-OH is 1. The summed E-state index contributed by atoms with van der Waals surface area (Å²) in [4.78, 5) is 8.83. The summed E-state index contributed by atoms with van der Waals surface area (Å²) in [5, 5.41) is 19.5. The van der Waals surface area contributed by atoms with Gasteiger partial charge in [0.15, 0.2) is 0 Å². The van der Waals surface area contributed by atoms with Crippen molar-refractivity contribution < 1.29 is 17.7 Å². The quantitative estimate of drug-likeness (QED) is 0.520. The van der Waals surface area contributed by atoms with E-state index >= 15 is 0 Å². The second-order valence-electron chi connectivity index (χ2n) is 7.69. The van der Waals surface area contributed by atoms with E-state index in [1.54, 1.807) is 0 Å². The molecule has 160 valence electrons. The van der Waals surface area contributed by atoms with Crippen LogP contribution < -0.4 is 10.5 Å². The van der Waals surface area contributed by atoms with E-state index in [-0.39, 0.29) is 18.6 Å². The number of rotatable bonds is 7. The average Bonchev–Trinajstić information content (AvgIpc) is 3.29. The Morgan fingerprint density at radius 2 is 2.07 bits per heavy atom. The predicted octanol–water partition coefficient (Wildman–Crippen LogP) is 1.88. The summed E-state index contributed by atoms with van der Waals surface area (Å²) in [6, 6.07) is 10.1. The Balaban J connectivity index is 1.51. The second-order valence-corrected chi connectivity index (χ2v) is 8.91. The van der Waals surface area contributed by atoms with Gasteiger partial charge in [-0.3, -0.25) is 4.18 Å². The van der Waals surface area contributed by atoms with E-state index < -0.39 is 16.4 Å². The summed E-state index contributed by atoms with van der Waals surface area (Å²) < 4.78 is 28.8. The lowest BCUT2D eigenvalue weighted by molar-refractivity contribution is 0.100. The highest BCUT2D eigenvalue weighted by molar-refractivity contribution is 7.84. The largest absolute Gasteiger partial charge is 0.393 e. The van der Waals surface area contributed by atoms with Crippen molar-refractivity contribution in [1.29, 1.82) is 0 Å². The number of aromatic nitrogens is 3. The topological polar surface area (TPSA) is 132 Å². The number of benzene rings is 1. The van der Waals surface area contributed by atoms with Gasteiger partial charge < -0.3 is 15.0 Å². The van der Waals surface area contributed by atoms with E-state index in [0.717, 1.165) is 16.9 Å². The van der Waals surface area contributed by atoms with Gasteiger partial charge in [-0.15, -0.1) is 0 Å². The third-order valence-electron chi connectivity index (χ3n) is 5.69. The fraction of sp³-hybridized carbons (Fsp3) is 0.400. The standard InChI is InChI=1S/C20H25N5O4S/c1-13-4-2-3-5-14(13)10-22-19-17-6-7-25(20(17)24-12-23-19)16-8-15(18(26)9-16)11-29-30(21,27)28/h2-7,12,15-16,18,26H,8-11H2,1H3,(H2,21,27,28)(H,22,23,24)/t15-,16+,18-/m0/s1. The molecule has 0 saturated heterocycles. The molecule has 2 aromatic heterocycles. The maximum Gasteiger partial charge on any atom is 0.333 e.